The molecule has 1 saturated heterocycles. The van der Waals surface area contributed by atoms with Crippen LogP contribution in [0.15, 0.2) is 48.5 Å². The number of aliphatic hydroxyl groups is 1. The van der Waals surface area contributed by atoms with Crippen molar-refractivity contribution in [3.8, 4) is 5.75 Å². The van der Waals surface area contributed by atoms with Crippen molar-refractivity contribution < 1.29 is 9.84 Å². The van der Waals surface area contributed by atoms with E-state index in [1.807, 2.05) is 24.3 Å². The van der Waals surface area contributed by atoms with E-state index in [1.54, 1.807) is 7.11 Å². The molecule has 0 radical (unpaired) electrons. The molecule has 5 heteroatoms. The van der Waals surface area contributed by atoms with Crippen LogP contribution in [0, 0.1) is 5.92 Å². The number of hydrogen-bond donors (Lipinski definition) is 1. The predicted molar refractivity (Wildman–Crippen MR) is 128 cm³/mol. The molecule has 1 saturated carbocycles. The van der Waals surface area contributed by atoms with Crippen LogP contribution in [0.1, 0.15) is 36.1 Å². The molecule has 1 aromatic heterocycles. The molecule has 0 unspecified atom stereocenters. The van der Waals surface area contributed by atoms with Crippen LogP contribution in [-0.2, 0) is 18.3 Å². The van der Waals surface area contributed by atoms with Gasteiger partial charge in [0.25, 0.3) is 0 Å². The minimum absolute atomic E-state index is 0.392. The number of methoxy groups -OCH3 is 1. The van der Waals surface area contributed by atoms with Gasteiger partial charge in [-0.25, -0.2) is 0 Å². The Morgan fingerprint density at radius 1 is 1.16 bits per heavy atom. The van der Waals surface area contributed by atoms with Crippen LogP contribution in [0.5, 0.6) is 5.75 Å². The maximum Gasteiger partial charge on any atom is 0.119 e. The number of likely N-dealkylation sites (tertiary alicyclic amines) is 1. The SMILES string of the molecule is COc1cccc([C@@]23CCN(CC4CC4)C[C@@]2(O)Cc2cc4cccc(Cl)c4nc2C3)c1. The Bertz CT molecular complexity index is 1190. The molecule has 0 spiro atoms. The van der Waals surface area contributed by atoms with Gasteiger partial charge in [-0.1, -0.05) is 35.9 Å². The number of para-hydroxylation sites is 1. The van der Waals surface area contributed by atoms with Crippen molar-refractivity contribution in [2.45, 2.75) is 43.1 Å². The molecular formula is C27H29ClN2O2. The summed E-state index contributed by atoms with van der Waals surface area (Å²) in [5.74, 6) is 1.64. The highest BCUT2D eigenvalue weighted by Gasteiger charge is 2.57. The third-order valence-electron chi connectivity index (χ3n) is 7.98. The summed E-state index contributed by atoms with van der Waals surface area (Å²) in [4.78, 5) is 7.53. The normalized spacial score (nSPS) is 27.7. The third kappa shape index (κ3) is 3.23. The molecule has 0 bridgehead atoms. The van der Waals surface area contributed by atoms with Crippen molar-refractivity contribution in [1.29, 1.82) is 0 Å². The van der Waals surface area contributed by atoms with Gasteiger partial charge in [0.2, 0.25) is 0 Å². The number of rotatable bonds is 4. The Hall–Kier alpha value is -2.14. The highest BCUT2D eigenvalue weighted by molar-refractivity contribution is 6.35. The summed E-state index contributed by atoms with van der Waals surface area (Å²) in [7, 11) is 1.70. The molecule has 2 aliphatic carbocycles. The number of nitrogens with zero attached hydrogens (tertiary/aromatic N) is 2. The second-order valence-electron chi connectivity index (χ2n) is 10.0. The molecule has 2 atom stereocenters. The lowest BCUT2D eigenvalue weighted by Crippen LogP contribution is -2.66. The van der Waals surface area contributed by atoms with Crippen molar-refractivity contribution in [3.05, 3.63) is 70.4 Å². The number of ether oxygens (including phenoxy) is 1. The summed E-state index contributed by atoms with van der Waals surface area (Å²) < 4.78 is 5.55. The van der Waals surface area contributed by atoms with Gasteiger partial charge in [-0.15, -0.1) is 0 Å². The van der Waals surface area contributed by atoms with Crippen molar-refractivity contribution in [3.63, 3.8) is 0 Å². The van der Waals surface area contributed by atoms with Crippen molar-refractivity contribution >= 4 is 22.5 Å². The lowest BCUT2D eigenvalue weighted by atomic mass is 9.56. The van der Waals surface area contributed by atoms with Gasteiger partial charge in [0.1, 0.15) is 5.75 Å². The lowest BCUT2D eigenvalue weighted by Gasteiger charge is -2.56. The average molecular weight is 449 g/mol. The minimum atomic E-state index is -0.854. The molecule has 3 aliphatic rings. The number of fused-ring (bicyclic) bond motifs is 3. The summed E-state index contributed by atoms with van der Waals surface area (Å²) in [5.41, 5.74) is 2.97. The molecule has 2 fully saturated rings. The summed E-state index contributed by atoms with van der Waals surface area (Å²) in [6, 6.07) is 16.4. The predicted octanol–water partition coefficient (Wildman–Crippen LogP) is 4.78. The standard InChI is InChI=1S/C27H29ClN2O2/c1-32-22-6-3-5-21(13-22)26-10-11-30(16-18-8-9-18)17-27(26,31)14-20-12-19-4-2-7-23(28)25(19)29-24(20)15-26/h2-7,12-13,18,31H,8-11,14-17H2,1H3/t26-,27-/m0/s1. The molecule has 1 aliphatic heterocycles. The zero-order chi connectivity index (χ0) is 21.9. The van der Waals surface area contributed by atoms with Crippen LogP contribution in [0.2, 0.25) is 5.02 Å². The molecule has 32 heavy (non-hydrogen) atoms. The molecule has 166 valence electrons. The number of β-amino-alcohol motifs (C(OH)–C–C–N with tert-alkyl or cyclic N) is 1. The molecule has 0 amide bonds. The van der Waals surface area contributed by atoms with Crippen molar-refractivity contribution in [2.24, 2.45) is 5.92 Å². The van der Waals surface area contributed by atoms with Crippen LogP contribution >= 0.6 is 11.6 Å². The largest absolute Gasteiger partial charge is 0.497 e. The zero-order valence-corrected chi connectivity index (χ0v) is 19.2. The number of piperidine rings is 1. The summed E-state index contributed by atoms with van der Waals surface area (Å²) >= 11 is 6.49. The van der Waals surface area contributed by atoms with E-state index < -0.39 is 11.0 Å². The first-order chi connectivity index (χ1) is 15.5. The first-order valence-electron chi connectivity index (χ1n) is 11.7. The van der Waals surface area contributed by atoms with Crippen LogP contribution in [-0.4, -0.2) is 47.3 Å². The number of benzene rings is 2. The van der Waals surface area contributed by atoms with E-state index in [1.165, 1.54) is 12.8 Å². The highest BCUT2D eigenvalue weighted by Crippen LogP contribution is 2.51. The first-order valence-corrected chi connectivity index (χ1v) is 12.0. The van der Waals surface area contributed by atoms with E-state index in [0.717, 1.165) is 58.9 Å². The molecule has 2 heterocycles. The lowest BCUT2D eigenvalue weighted by molar-refractivity contribution is -0.104. The fraction of sp³-hybridized carbons (Fsp3) is 0.444. The Labute approximate surface area is 194 Å². The van der Waals surface area contributed by atoms with Crippen LogP contribution in [0.4, 0.5) is 0 Å². The van der Waals surface area contributed by atoms with Crippen LogP contribution in [0.25, 0.3) is 10.9 Å². The molecule has 6 rings (SSSR count). The highest BCUT2D eigenvalue weighted by atomic mass is 35.5. The molecule has 4 nitrogen and oxygen atoms in total. The molecule has 1 N–H and O–H groups in total. The fourth-order valence-corrected chi connectivity index (χ4v) is 6.29. The van der Waals surface area contributed by atoms with E-state index in [4.69, 9.17) is 21.3 Å². The second-order valence-corrected chi connectivity index (χ2v) is 10.4. The van der Waals surface area contributed by atoms with Crippen LogP contribution < -0.4 is 4.74 Å². The second kappa shape index (κ2) is 7.44. The van der Waals surface area contributed by atoms with E-state index >= 15 is 0 Å². The number of aromatic nitrogens is 1. The smallest absolute Gasteiger partial charge is 0.119 e. The van der Waals surface area contributed by atoms with Crippen molar-refractivity contribution in [2.75, 3.05) is 26.7 Å². The topological polar surface area (TPSA) is 45.6 Å². The van der Waals surface area contributed by atoms with Crippen LogP contribution in [0.3, 0.4) is 0 Å². The molecule has 3 aromatic rings. The van der Waals surface area contributed by atoms with E-state index in [0.29, 0.717) is 24.4 Å². The summed E-state index contributed by atoms with van der Waals surface area (Å²) in [6.45, 7) is 2.81. The Balaban J connectivity index is 1.49. The van der Waals surface area contributed by atoms with Gasteiger partial charge in [-0.05, 0) is 67.1 Å². The van der Waals surface area contributed by atoms with Gasteiger partial charge in [-0.3, -0.25) is 4.98 Å². The maximum atomic E-state index is 12.4. The van der Waals surface area contributed by atoms with Gasteiger partial charge < -0.3 is 14.7 Å². The average Bonchev–Trinajstić information content (AvgIpc) is 3.60. The van der Waals surface area contributed by atoms with E-state index in [-0.39, 0.29) is 0 Å². The Morgan fingerprint density at radius 3 is 2.81 bits per heavy atom. The first kappa shape index (κ1) is 20.5. The maximum absolute atomic E-state index is 12.4. The number of halogens is 1. The fourth-order valence-electron chi connectivity index (χ4n) is 6.07. The van der Waals surface area contributed by atoms with Gasteiger partial charge in [0.05, 0.1) is 23.3 Å². The third-order valence-corrected chi connectivity index (χ3v) is 8.29. The summed E-state index contributed by atoms with van der Waals surface area (Å²) in [5, 5.41) is 14.1. The van der Waals surface area contributed by atoms with Gasteiger partial charge in [0, 0.05) is 42.4 Å². The summed E-state index contributed by atoms with van der Waals surface area (Å²) in [6.07, 6.45) is 4.89. The quantitative estimate of drug-likeness (QED) is 0.623. The van der Waals surface area contributed by atoms with E-state index in [9.17, 15) is 5.11 Å². The minimum Gasteiger partial charge on any atom is -0.497 e. The monoisotopic (exact) mass is 448 g/mol. The Kier molecular flexibility index (Phi) is 4.76. The molecule has 2 aromatic carbocycles. The number of hydrogen-bond acceptors (Lipinski definition) is 4. The van der Waals surface area contributed by atoms with E-state index in [2.05, 4.69) is 29.2 Å². The van der Waals surface area contributed by atoms with Crippen molar-refractivity contribution in [1.82, 2.24) is 9.88 Å². The number of pyridine rings is 1. The Morgan fingerprint density at radius 2 is 2.00 bits per heavy atom. The van der Waals surface area contributed by atoms with Gasteiger partial charge in [-0.2, -0.15) is 0 Å². The van der Waals surface area contributed by atoms with Gasteiger partial charge in [0.15, 0.2) is 0 Å². The van der Waals surface area contributed by atoms with Gasteiger partial charge >= 0.3 is 0 Å². The molecular weight excluding hydrogens is 420 g/mol. The zero-order valence-electron chi connectivity index (χ0n) is 18.5.